The third-order valence-corrected chi connectivity index (χ3v) is 5.55. The van der Waals surface area contributed by atoms with E-state index < -0.39 is 18.2 Å². The first-order chi connectivity index (χ1) is 14.1. The summed E-state index contributed by atoms with van der Waals surface area (Å²) in [4.78, 5) is 24.7. The maximum absolute atomic E-state index is 12.4. The van der Waals surface area contributed by atoms with Crippen LogP contribution < -0.4 is 10.6 Å². The van der Waals surface area contributed by atoms with Crippen LogP contribution in [0.5, 0.6) is 0 Å². The van der Waals surface area contributed by atoms with E-state index in [0.717, 1.165) is 5.56 Å². The van der Waals surface area contributed by atoms with E-state index in [1.807, 2.05) is 18.2 Å². The highest BCUT2D eigenvalue weighted by molar-refractivity contribution is 6.31. The summed E-state index contributed by atoms with van der Waals surface area (Å²) in [5.74, 6) is -0.313. The van der Waals surface area contributed by atoms with Crippen molar-refractivity contribution in [2.45, 2.75) is 44.1 Å². The van der Waals surface area contributed by atoms with Crippen LogP contribution in [0.4, 0.5) is 0 Å². The first-order valence-corrected chi connectivity index (χ1v) is 10.3. The van der Waals surface area contributed by atoms with Crippen molar-refractivity contribution in [2.75, 3.05) is 19.8 Å². The summed E-state index contributed by atoms with van der Waals surface area (Å²) < 4.78 is 11.1. The molecule has 2 aliphatic rings. The fraction of sp³-hybridized carbons (Fsp3) is 0.524. The molecule has 29 heavy (non-hydrogen) atoms. The Morgan fingerprint density at radius 1 is 1.17 bits per heavy atom. The maximum Gasteiger partial charge on any atom is 0.223 e. The molecule has 1 fully saturated rings. The third-order valence-electron chi connectivity index (χ3n) is 5.18. The smallest absolute Gasteiger partial charge is 0.223 e. The second-order valence-electron chi connectivity index (χ2n) is 7.27. The molecule has 1 aromatic carbocycles. The average Bonchev–Trinajstić information content (AvgIpc) is 2.74. The predicted molar refractivity (Wildman–Crippen MR) is 108 cm³/mol. The van der Waals surface area contributed by atoms with Crippen LogP contribution >= 0.6 is 11.6 Å². The number of halogens is 1. The lowest BCUT2D eigenvalue weighted by molar-refractivity contribution is -0.132. The van der Waals surface area contributed by atoms with E-state index in [0.29, 0.717) is 37.6 Å². The van der Waals surface area contributed by atoms with Gasteiger partial charge in [0.2, 0.25) is 11.8 Å². The number of aliphatic hydroxyl groups excluding tert-OH is 1. The fourth-order valence-corrected chi connectivity index (χ4v) is 3.67. The van der Waals surface area contributed by atoms with Gasteiger partial charge in [0.15, 0.2) is 0 Å². The van der Waals surface area contributed by atoms with Gasteiger partial charge in [-0.1, -0.05) is 42.0 Å². The highest BCUT2D eigenvalue weighted by atomic mass is 35.5. The lowest BCUT2D eigenvalue weighted by Crippen LogP contribution is -2.50. The van der Waals surface area contributed by atoms with E-state index in [4.69, 9.17) is 21.1 Å². The molecule has 2 amide bonds. The topological polar surface area (TPSA) is 96.9 Å². The third kappa shape index (κ3) is 6.27. The summed E-state index contributed by atoms with van der Waals surface area (Å²) in [6.45, 7) is 1.26. The molecule has 0 unspecified atom stereocenters. The van der Waals surface area contributed by atoms with Crippen LogP contribution in [0.3, 0.4) is 0 Å². The number of rotatable bonds is 7. The van der Waals surface area contributed by atoms with E-state index in [9.17, 15) is 14.7 Å². The minimum Gasteiger partial charge on any atom is -0.394 e. The van der Waals surface area contributed by atoms with Crippen LogP contribution in [0.1, 0.15) is 24.8 Å². The van der Waals surface area contributed by atoms with Gasteiger partial charge in [0.1, 0.15) is 6.10 Å². The van der Waals surface area contributed by atoms with Gasteiger partial charge < -0.3 is 25.2 Å². The zero-order chi connectivity index (χ0) is 20.6. The van der Waals surface area contributed by atoms with Crippen LogP contribution in [0.15, 0.2) is 36.4 Å². The average molecular weight is 423 g/mol. The Kier molecular flexibility index (Phi) is 8.06. The number of aliphatic hydroxyl groups is 1. The Bertz CT molecular complexity index is 736. The highest BCUT2D eigenvalue weighted by Crippen LogP contribution is 2.19. The molecule has 3 rings (SSSR count). The minimum absolute atomic E-state index is 0.0547. The lowest BCUT2D eigenvalue weighted by Gasteiger charge is -2.33. The second kappa shape index (κ2) is 10.7. The van der Waals surface area contributed by atoms with E-state index >= 15 is 0 Å². The predicted octanol–water partition coefficient (Wildman–Crippen LogP) is 1.57. The zero-order valence-electron chi connectivity index (χ0n) is 16.2. The van der Waals surface area contributed by atoms with E-state index in [2.05, 4.69) is 10.6 Å². The molecular formula is C21H27ClN2O5. The van der Waals surface area contributed by atoms with Gasteiger partial charge in [-0.25, -0.2) is 0 Å². The monoisotopic (exact) mass is 422 g/mol. The van der Waals surface area contributed by atoms with Crippen LogP contribution in [0.2, 0.25) is 5.02 Å². The van der Waals surface area contributed by atoms with Gasteiger partial charge in [-0.15, -0.1) is 0 Å². The molecule has 7 nitrogen and oxygen atoms in total. The first kappa shape index (κ1) is 21.8. The quantitative estimate of drug-likeness (QED) is 0.579. The first-order valence-electron chi connectivity index (χ1n) is 9.89. The number of ether oxygens (including phenoxy) is 2. The molecular weight excluding hydrogens is 396 g/mol. The molecule has 2 aliphatic heterocycles. The Morgan fingerprint density at radius 2 is 1.93 bits per heavy atom. The van der Waals surface area contributed by atoms with Crippen molar-refractivity contribution in [2.24, 2.45) is 5.92 Å². The van der Waals surface area contributed by atoms with E-state index in [1.165, 1.54) is 0 Å². The molecule has 158 valence electrons. The van der Waals surface area contributed by atoms with Crippen molar-refractivity contribution in [3.05, 3.63) is 47.0 Å². The second-order valence-corrected chi connectivity index (χ2v) is 7.68. The molecule has 0 aliphatic carbocycles. The van der Waals surface area contributed by atoms with Crippen molar-refractivity contribution in [1.82, 2.24) is 10.6 Å². The molecule has 8 heteroatoms. The molecule has 0 aromatic heterocycles. The van der Waals surface area contributed by atoms with Crippen LogP contribution in [0, 0.1) is 5.92 Å². The minimum atomic E-state index is -0.592. The Hall–Kier alpha value is -1.93. The largest absolute Gasteiger partial charge is 0.394 e. The fourth-order valence-electron chi connectivity index (χ4n) is 3.47. The summed E-state index contributed by atoms with van der Waals surface area (Å²) in [7, 11) is 0. The molecule has 2 heterocycles. The number of carbonyl (C=O) groups is 2. The van der Waals surface area contributed by atoms with E-state index in [1.54, 1.807) is 18.2 Å². The van der Waals surface area contributed by atoms with Gasteiger partial charge in [0.05, 0.1) is 25.2 Å². The van der Waals surface area contributed by atoms with Crippen molar-refractivity contribution in [3.63, 3.8) is 0 Å². The number of hydrogen-bond donors (Lipinski definition) is 3. The maximum atomic E-state index is 12.4. The molecule has 3 N–H and O–H groups in total. The Morgan fingerprint density at radius 3 is 2.66 bits per heavy atom. The number of amides is 2. The summed E-state index contributed by atoms with van der Waals surface area (Å²) in [6.07, 6.45) is 4.02. The van der Waals surface area contributed by atoms with Crippen LogP contribution in [-0.4, -0.2) is 55.0 Å². The van der Waals surface area contributed by atoms with Gasteiger partial charge in [0, 0.05) is 30.7 Å². The molecule has 0 radical (unpaired) electrons. The highest BCUT2D eigenvalue weighted by Gasteiger charge is 2.31. The van der Waals surface area contributed by atoms with Crippen molar-refractivity contribution in [1.29, 1.82) is 0 Å². The van der Waals surface area contributed by atoms with E-state index in [-0.39, 0.29) is 30.8 Å². The summed E-state index contributed by atoms with van der Waals surface area (Å²) in [5, 5.41) is 16.0. The summed E-state index contributed by atoms with van der Waals surface area (Å²) in [6, 6.07) is 6.91. The van der Waals surface area contributed by atoms with Crippen molar-refractivity contribution >= 4 is 23.4 Å². The Labute approximate surface area is 175 Å². The van der Waals surface area contributed by atoms with Gasteiger partial charge in [0.25, 0.3) is 0 Å². The molecule has 1 saturated heterocycles. The van der Waals surface area contributed by atoms with Crippen LogP contribution in [0.25, 0.3) is 0 Å². The number of carbonyl (C=O) groups excluding carboxylic acids is 2. The van der Waals surface area contributed by atoms with Gasteiger partial charge >= 0.3 is 0 Å². The number of nitrogens with one attached hydrogen (secondary N) is 2. The van der Waals surface area contributed by atoms with Gasteiger partial charge in [-0.2, -0.15) is 0 Å². The molecule has 0 bridgehead atoms. The number of hydrogen-bond acceptors (Lipinski definition) is 5. The van der Waals surface area contributed by atoms with Gasteiger partial charge in [-0.05, 0) is 24.5 Å². The Balaban J connectivity index is 1.49. The molecule has 1 aromatic rings. The van der Waals surface area contributed by atoms with Crippen molar-refractivity contribution in [3.8, 4) is 0 Å². The molecule has 0 spiro atoms. The number of benzene rings is 1. The molecule has 0 saturated carbocycles. The summed E-state index contributed by atoms with van der Waals surface area (Å²) in [5.41, 5.74) is 0.840. The lowest BCUT2D eigenvalue weighted by atomic mass is 9.97. The van der Waals surface area contributed by atoms with Crippen LogP contribution in [-0.2, 0) is 25.6 Å². The molecule has 3 atom stereocenters. The SMILES string of the molecule is O=C(C[C@@H]1C=C[C@@H](NC(=O)C2CCOCC2)[C@@H](CO)O1)NCc1ccccc1Cl. The van der Waals surface area contributed by atoms with Gasteiger partial charge in [-0.3, -0.25) is 9.59 Å². The standard InChI is InChI=1S/C21H27ClN2O5/c22-17-4-2-1-3-15(17)12-23-20(26)11-16-5-6-18(19(13-25)29-16)24-21(27)14-7-9-28-10-8-14/h1-6,14,16,18-19,25H,7-13H2,(H,23,26)(H,24,27)/t16-,18+,19+/m0/s1. The van der Waals surface area contributed by atoms with Crippen molar-refractivity contribution < 1.29 is 24.2 Å². The zero-order valence-corrected chi connectivity index (χ0v) is 16.9. The normalized spacial score (nSPS) is 24.8. The summed E-state index contributed by atoms with van der Waals surface area (Å²) >= 11 is 6.09.